The van der Waals surface area contributed by atoms with Gasteiger partial charge in [-0.3, -0.25) is 5.43 Å². The highest BCUT2D eigenvalue weighted by Crippen LogP contribution is 2.38. The van der Waals surface area contributed by atoms with Crippen molar-refractivity contribution in [3.63, 3.8) is 0 Å². The molecule has 0 fully saturated rings. The zero-order chi connectivity index (χ0) is 23.5. The van der Waals surface area contributed by atoms with Gasteiger partial charge < -0.3 is 14.2 Å². The molecule has 1 aliphatic rings. The van der Waals surface area contributed by atoms with E-state index in [4.69, 9.17) is 14.2 Å². The Balaban J connectivity index is 0.00000306. The molecular formula is C28H44Cl2N2O3. The molecule has 2 aromatic carbocycles. The number of hydrogen-bond donors (Lipinski definition) is 1. The van der Waals surface area contributed by atoms with Crippen LogP contribution in [0, 0.1) is 0 Å². The number of hydrazine groups is 1. The van der Waals surface area contributed by atoms with Crippen LogP contribution in [0.3, 0.4) is 0 Å². The van der Waals surface area contributed by atoms with Gasteiger partial charge in [0.2, 0.25) is 0 Å². The number of halogens is 2. The van der Waals surface area contributed by atoms with Crippen LogP contribution >= 0.6 is 24.8 Å². The Morgan fingerprint density at radius 1 is 0.886 bits per heavy atom. The highest BCUT2D eigenvalue weighted by Gasteiger charge is 2.27. The molecule has 0 amide bonds. The summed E-state index contributed by atoms with van der Waals surface area (Å²) in [5, 5.41) is 2.53. The fourth-order valence-corrected chi connectivity index (χ4v) is 4.84. The van der Waals surface area contributed by atoms with Gasteiger partial charge in [-0.25, -0.2) is 5.01 Å². The maximum Gasteiger partial charge on any atom is 0.164 e. The van der Waals surface area contributed by atoms with Gasteiger partial charge in [0.05, 0.1) is 21.3 Å². The van der Waals surface area contributed by atoms with E-state index < -0.39 is 0 Å². The molecule has 0 saturated carbocycles. The van der Waals surface area contributed by atoms with Crippen LogP contribution in [0.25, 0.3) is 0 Å². The average molecular weight is 528 g/mol. The van der Waals surface area contributed by atoms with Crippen LogP contribution in [0.1, 0.15) is 62.1 Å². The second-order valence-corrected chi connectivity index (χ2v) is 8.95. The minimum Gasteiger partial charge on any atom is -0.497 e. The summed E-state index contributed by atoms with van der Waals surface area (Å²) in [6, 6.07) is 13.2. The predicted octanol–water partition coefficient (Wildman–Crippen LogP) is 6.43. The number of aryl methyl sites for hydroxylation is 1. The molecule has 2 aromatic rings. The summed E-state index contributed by atoms with van der Waals surface area (Å²) < 4.78 is 16.5. The van der Waals surface area contributed by atoms with E-state index in [0.29, 0.717) is 6.04 Å². The first kappa shape index (κ1) is 31.4. The molecule has 0 aliphatic heterocycles. The number of methoxy groups -OCH3 is 3. The van der Waals surface area contributed by atoms with Crippen molar-refractivity contribution >= 4 is 24.8 Å². The van der Waals surface area contributed by atoms with E-state index in [1.54, 1.807) is 21.3 Å². The Labute approximate surface area is 224 Å². The molecule has 1 aliphatic carbocycles. The molecule has 1 unspecified atom stereocenters. The molecule has 1 N–H and O–H groups in total. The van der Waals surface area contributed by atoms with Crippen molar-refractivity contribution in [2.24, 2.45) is 0 Å². The molecule has 0 aromatic heterocycles. The van der Waals surface area contributed by atoms with Gasteiger partial charge in [0.1, 0.15) is 5.75 Å². The molecule has 35 heavy (non-hydrogen) atoms. The summed E-state index contributed by atoms with van der Waals surface area (Å²) in [6.07, 6.45) is 10.5. The third-order valence-electron chi connectivity index (χ3n) is 6.74. The first-order valence-electron chi connectivity index (χ1n) is 12.6. The zero-order valence-electron chi connectivity index (χ0n) is 21.8. The number of rotatable bonds is 14. The van der Waals surface area contributed by atoms with Crippen molar-refractivity contribution in [3.05, 3.63) is 53.1 Å². The van der Waals surface area contributed by atoms with Crippen LogP contribution in [-0.2, 0) is 19.3 Å². The van der Waals surface area contributed by atoms with Crippen molar-refractivity contribution in [1.82, 2.24) is 10.4 Å². The maximum atomic E-state index is 5.70. The summed E-state index contributed by atoms with van der Waals surface area (Å²) >= 11 is 0. The fraction of sp³-hybridized carbons (Fsp3) is 0.571. The van der Waals surface area contributed by atoms with Crippen molar-refractivity contribution < 1.29 is 14.2 Å². The number of hydrogen-bond acceptors (Lipinski definition) is 5. The van der Waals surface area contributed by atoms with E-state index in [2.05, 4.69) is 35.6 Å². The molecule has 0 spiro atoms. The SMILES string of the molecule is CCCCCCN(NCCCc1ccc(OC)cc1)C1CCc2c(ccc(OC)c2OC)C1.Cl.Cl. The number of benzene rings is 2. The van der Waals surface area contributed by atoms with E-state index >= 15 is 0 Å². The summed E-state index contributed by atoms with van der Waals surface area (Å²) in [6.45, 7) is 4.37. The van der Waals surface area contributed by atoms with Crippen molar-refractivity contribution in [2.45, 2.75) is 70.8 Å². The van der Waals surface area contributed by atoms with E-state index in [9.17, 15) is 0 Å². The number of nitrogens with one attached hydrogen (secondary N) is 1. The quantitative estimate of drug-likeness (QED) is 0.227. The normalized spacial score (nSPS) is 14.5. The fourth-order valence-electron chi connectivity index (χ4n) is 4.84. The number of fused-ring (bicyclic) bond motifs is 1. The van der Waals surface area contributed by atoms with Gasteiger partial charge in [-0.15, -0.1) is 24.8 Å². The Hall–Kier alpha value is -1.66. The summed E-state index contributed by atoms with van der Waals surface area (Å²) in [5.74, 6) is 2.67. The summed E-state index contributed by atoms with van der Waals surface area (Å²) in [7, 11) is 5.17. The molecule has 0 saturated heterocycles. The van der Waals surface area contributed by atoms with Gasteiger partial charge in [-0.1, -0.05) is 44.4 Å². The second-order valence-electron chi connectivity index (χ2n) is 8.95. The molecule has 3 rings (SSSR count). The lowest BCUT2D eigenvalue weighted by Gasteiger charge is -2.36. The largest absolute Gasteiger partial charge is 0.497 e. The van der Waals surface area contributed by atoms with Gasteiger partial charge >= 0.3 is 0 Å². The third kappa shape index (κ3) is 9.05. The standard InChI is InChI=1S/C28H42N2O3.2ClH/c1-5-6-7-8-20-30(29-19-9-10-22-11-15-25(31-2)16-12-22)24-14-17-26-23(21-24)13-18-27(32-3)28(26)33-4;;/h11-13,15-16,18,24,29H,5-10,14,17,19-21H2,1-4H3;2*1H. The van der Waals surface area contributed by atoms with Gasteiger partial charge in [0, 0.05) is 24.7 Å². The highest BCUT2D eigenvalue weighted by molar-refractivity contribution is 5.85. The van der Waals surface area contributed by atoms with E-state index in [-0.39, 0.29) is 24.8 Å². The van der Waals surface area contributed by atoms with Gasteiger partial charge in [0.25, 0.3) is 0 Å². The molecule has 198 valence electrons. The van der Waals surface area contributed by atoms with Crippen LogP contribution in [-0.4, -0.2) is 45.5 Å². The van der Waals surface area contributed by atoms with Crippen LogP contribution in [0.15, 0.2) is 36.4 Å². The highest BCUT2D eigenvalue weighted by atomic mass is 35.5. The minimum absolute atomic E-state index is 0. The zero-order valence-corrected chi connectivity index (χ0v) is 23.4. The molecule has 0 heterocycles. The van der Waals surface area contributed by atoms with E-state index in [1.165, 1.54) is 42.4 Å². The predicted molar refractivity (Wildman–Crippen MR) is 150 cm³/mol. The average Bonchev–Trinajstić information content (AvgIpc) is 2.87. The monoisotopic (exact) mass is 526 g/mol. The van der Waals surface area contributed by atoms with E-state index in [1.807, 2.05) is 18.2 Å². The molecule has 7 heteroatoms. The lowest BCUT2D eigenvalue weighted by atomic mass is 9.87. The van der Waals surface area contributed by atoms with Crippen LogP contribution in [0.5, 0.6) is 17.2 Å². The smallest absolute Gasteiger partial charge is 0.164 e. The Morgan fingerprint density at radius 3 is 2.31 bits per heavy atom. The van der Waals surface area contributed by atoms with Crippen molar-refractivity contribution in [1.29, 1.82) is 0 Å². The lowest BCUT2D eigenvalue weighted by Crippen LogP contribution is -2.49. The molecule has 1 atom stereocenters. The van der Waals surface area contributed by atoms with E-state index in [0.717, 1.165) is 62.4 Å². The number of ether oxygens (including phenoxy) is 3. The number of unbranched alkanes of at least 4 members (excludes halogenated alkanes) is 3. The van der Waals surface area contributed by atoms with Crippen molar-refractivity contribution in [2.75, 3.05) is 34.4 Å². The lowest BCUT2D eigenvalue weighted by molar-refractivity contribution is 0.108. The molecule has 0 bridgehead atoms. The topological polar surface area (TPSA) is 43.0 Å². The first-order valence-corrected chi connectivity index (χ1v) is 12.6. The Kier molecular flexibility index (Phi) is 15.2. The van der Waals surface area contributed by atoms with Crippen LogP contribution in [0.2, 0.25) is 0 Å². The molecular weight excluding hydrogens is 483 g/mol. The van der Waals surface area contributed by atoms with Gasteiger partial charge in [-0.2, -0.15) is 0 Å². The first-order chi connectivity index (χ1) is 16.2. The third-order valence-corrected chi connectivity index (χ3v) is 6.74. The Bertz CT molecular complexity index is 849. The van der Waals surface area contributed by atoms with Gasteiger partial charge in [-0.05, 0) is 67.9 Å². The summed E-state index contributed by atoms with van der Waals surface area (Å²) in [4.78, 5) is 0. The van der Waals surface area contributed by atoms with Crippen LogP contribution < -0.4 is 19.6 Å². The number of nitrogens with zero attached hydrogens (tertiary/aromatic N) is 1. The van der Waals surface area contributed by atoms with Gasteiger partial charge in [0.15, 0.2) is 11.5 Å². The molecule has 5 nitrogen and oxygen atoms in total. The maximum absolute atomic E-state index is 5.70. The molecule has 0 radical (unpaired) electrons. The second kappa shape index (κ2) is 16.9. The van der Waals surface area contributed by atoms with Crippen LogP contribution in [0.4, 0.5) is 0 Å². The minimum atomic E-state index is 0. The summed E-state index contributed by atoms with van der Waals surface area (Å²) in [5.41, 5.74) is 7.86. The van der Waals surface area contributed by atoms with Crippen molar-refractivity contribution in [3.8, 4) is 17.2 Å². The Morgan fingerprint density at radius 2 is 1.66 bits per heavy atom.